The van der Waals surface area contributed by atoms with Gasteiger partial charge in [-0.05, 0) is 12.1 Å². The molecule has 1 amide bonds. The van der Waals surface area contributed by atoms with Gasteiger partial charge in [-0.1, -0.05) is 11.6 Å². The number of aromatic nitrogens is 3. The second-order valence-corrected chi connectivity index (χ2v) is 5.83. The van der Waals surface area contributed by atoms with E-state index < -0.39 is 6.09 Å². The first-order valence-corrected chi connectivity index (χ1v) is 8.07. The highest BCUT2D eigenvalue weighted by Gasteiger charge is 2.26. The monoisotopic (exact) mass is 364 g/mol. The summed E-state index contributed by atoms with van der Waals surface area (Å²) in [5.74, 6) is 0.844. The van der Waals surface area contributed by atoms with Crippen LogP contribution in [0.5, 0.6) is 5.88 Å². The maximum Gasteiger partial charge on any atom is 0.407 e. The van der Waals surface area contributed by atoms with E-state index >= 15 is 0 Å². The zero-order valence-corrected chi connectivity index (χ0v) is 14.4. The Morgan fingerprint density at radius 1 is 1.36 bits per heavy atom. The molecule has 0 saturated heterocycles. The van der Waals surface area contributed by atoms with Crippen molar-refractivity contribution in [2.75, 3.05) is 26.9 Å². The van der Waals surface area contributed by atoms with Crippen LogP contribution in [0.1, 0.15) is 11.3 Å². The highest BCUT2D eigenvalue weighted by Crippen LogP contribution is 2.29. The first-order chi connectivity index (χ1) is 12.1. The van der Waals surface area contributed by atoms with E-state index in [4.69, 9.17) is 21.1 Å². The third kappa shape index (κ3) is 3.97. The summed E-state index contributed by atoms with van der Waals surface area (Å²) >= 11 is 5.82. The number of fused-ring (bicyclic) bond motifs is 1. The minimum atomic E-state index is -0.973. The Balaban J connectivity index is 1.98. The number of nitrogens with zero attached hydrogens (tertiary/aromatic N) is 4. The van der Waals surface area contributed by atoms with E-state index in [1.54, 1.807) is 25.4 Å². The van der Waals surface area contributed by atoms with Crippen molar-refractivity contribution >= 4 is 17.7 Å². The smallest absolute Gasteiger partial charge is 0.407 e. The van der Waals surface area contributed by atoms with Gasteiger partial charge in [-0.3, -0.25) is 0 Å². The molecule has 0 atom stereocenters. The lowest BCUT2D eigenvalue weighted by Gasteiger charge is -2.27. The van der Waals surface area contributed by atoms with Crippen molar-refractivity contribution in [2.45, 2.75) is 13.0 Å². The van der Waals surface area contributed by atoms with Crippen LogP contribution in [0.15, 0.2) is 18.3 Å². The van der Waals surface area contributed by atoms with Gasteiger partial charge in [0.05, 0.1) is 24.4 Å². The first kappa shape index (κ1) is 17.4. The number of hydrogen-bond acceptors (Lipinski definition) is 6. The van der Waals surface area contributed by atoms with Crippen LogP contribution in [0.2, 0.25) is 5.15 Å². The predicted octanol–water partition coefficient (Wildman–Crippen LogP) is 2.25. The molecule has 2 aromatic rings. The van der Waals surface area contributed by atoms with E-state index in [2.05, 4.69) is 15.0 Å². The van der Waals surface area contributed by atoms with E-state index in [1.807, 2.05) is 0 Å². The van der Waals surface area contributed by atoms with Crippen molar-refractivity contribution in [3.05, 3.63) is 34.7 Å². The first-order valence-electron chi connectivity index (χ1n) is 7.70. The number of hydrogen-bond donors (Lipinski definition) is 1. The summed E-state index contributed by atoms with van der Waals surface area (Å²) in [6.07, 6.45) is 1.12. The fraction of sp³-hybridized carbons (Fsp3) is 0.375. The van der Waals surface area contributed by atoms with Crippen molar-refractivity contribution in [3.63, 3.8) is 0 Å². The summed E-state index contributed by atoms with van der Waals surface area (Å²) in [4.78, 5) is 25.7. The van der Waals surface area contributed by atoms with Crippen LogP contribution in [-0.2, 0) is 17.7 Å². The third-order valence-corrected chi connectivity index (χ3v) is 4.03. The van der Waals surface area contributed by atoms with Gasteiger partial charge in [0, 0.05) is 31.8 Å². The van der Waals surface area contributed by atoms with Gasteiger partial charge in [0.15, 0.2) is 5.82 Å². The van der Waals surface area contributed by atoms with Crippen LogP contribution < -0.4 is 4.74 Å². The normalized spacial score (nSPS) is 13.4. The molecular formula is C16H17ClN4O4. The second-order valence-electron chi connectivity index (χ2n) is 5.44. The summed E-state index contributed by atoms with van der Waals surface area (Å²) < 4.78 is 10.7. The van der Waals surface area contributed by atoms with E-state index in [1.165, 1.54) is 4.90 Å². The number of methoxy groups -OCH3 is 1. The minimum Gasteiger partial charge on any atom is -0.475 e. The molecule has 0 radical (unpaired) electrons. The molecule has 1 aliphatic heterocycles. The Labute approximate surface area is 149 Å². The van der Waals surface area contributed by atoms with Gasteiger partial charge in [-0.15, -0.1) is 0 Å². The number of carbonyl (C=O) groups is 1. The lowest BCUT2D eigenvalue weighted by atomic mass is 10.1. The standard InChI is InChI=1S/C16H17ClN4O4/c1-24-6-7-25-15-11-9-21(16(22)23)5-4-12(11)19-14(20-15)10-2-3-13(17)18-8-10/h2-3,8H,4-7,9H2,1H3,(H,22,23). The number of rotatable bonds is 5. The molecule has 2 aromatic heterocycles. The fourth-order valence-corrected chi connectivity index (χ4v) is 2.64. The van der Waals surface area contributed by atoms with Crippen LogP contribution in [0.3, 0.4) is 0 Å². The highest BCUT2D eigenvalue weighted by atomic mass is 35.5. The third-order valence-electron chi connectivity index (χ3n) is 3.80. The quantitative estimate of drug-likeness (QED) is 0.641. The van der Waals surface area contributed by atoms with Gasteiger partial charge in [0.1, 0.15) is 11.8 Å². The summed E-state index contributed by atoms with van der Waals surface area (Å²) in [6, 6.07) is 3.44. The molecule has 3 rings (SSSR count). The zero-order chi connectivity index (χ0) is 17.8. The molecule has 0 unspecified atom stereocenters. The minimum absolute atomic E-state index is 0.201. The van der Waals surface area contributed by atoms with Crippen molar-refractivity contribution in [2.24, 2.45) is 0 Å². The molecule has 1 N–H and O–H groups in total. The van der Waals surface area contributed by atoms with Gasteiger partial charge in [-0.25, -0.2) is 14.8 Å². The van der Waals surface area contributed by atoms with Gasteiger partial charge >= 0.3 is 6.09 Å². The van der Waals surface area contributed by atoms with E-state index in [0.717, 1.165) is 5.69 Å². The number of amides is 1. The van der Waals surface area contributed by atoms with E-state index in [-0.39, 0.29) is 6.54 Å². The number of pyridine rings is 1. The Kier molecular flexibility index (Phi) is 5.30. The van der Waals surface area contributed by atoms with E-state index in [0.29, 0.717) is 54.2 Å². The maximum atomic E-state index is 11.3. The van der Waals surface area contributed by atoms with Crippen molar-refractivity contribution < 1.29 is 19.4 Å². The molecule has 0 spiro atoms. The average molecular weight is 365 g/mol. The van der Waals surface area contributed by atoms with Gasteiger partial charge in [-0.2, -0.15) is 4.98 Å². The lowest BCUT2D eigenvalue weighted by molar-refractivity contribution is 0.132. The van der Waals surface area contributed by atoms with E-state index in [9.17, 15) is 9.90 Å². The summed E-state index contributed by atoms with van der Waals surface area (Å²) in [5.41, 5.74) is 2.18. The Bertz CT molecular complexity index is 769. The number of halogens is 1. The van der Waals surface area contributed by atoms with Crippen LogP contribution in [-0.4, -0.2) is 57.9 Å². The van der Waals surface area contributed by atoms with Crippen molar-refractivity contribution in [1.29, 1.82) is 0 Å². The Morgan fingerprint density at radius 2 is 2.20 bits per heavy atom. The summed E-state index contributed by atoms with van der Waals surface area (Å²) in [5, 5.41) is 9.62. The van der Waals surface area contributed by atoms with Crippen LogP contribution in [0.25, 0.3) is 11.4 Å². The van der Waals surface area contributed by atoms with Crippen LogP contribution >= 0.6 is 11.6 Å². The number of carboxylic acid groups (broad SMARTS) is 1. The van der Waals surface area contributed by atoms with Gasteiger partial charge in [0.2, 0.25) is 5.88 Å². The second kappa shape index (κ2) is 7.62. The highest BCUT2D eigenvalue weighted by molar-refractivity contribution is 6.29. The zero-order valence-electron chi connectivity index (χ0n) is 13.6. The largest absolute Gasteiger partial charge is 0.475 e. The molecule has 3 heterocycles. The molecule has 0 bridgehead atoms. The van der Waals surface area contributed by atoms with Gasteiger partial charge < -0.3 is 19.5 Å². The fourth-order valence-electron chi connectivity index (χ4n) is 2.53. The molecule has 132 valence electrons. The maximum absolute atomic E-state index is 11.3. The summed E-state index contributed by atoms with van der Waals surface area (Å²) in [6.45, 7) is 1.30. The Hall–Kier alpha value is -2.45. The molecule has 9 heteroatoms. The lowest BCUT2D eigenvalue weighted by Crippen LogP contribution is -2.35. The van der Waals surface area contributed by atoms with Gasteiger partial charge in [0.25, 0.3) is 0 Å². The van der Waals surface area contributed by atoms with Crippen LogP contribution in [0.4, 0.5) is 4.79 Å². The topological polar surface area (TPSA) is 97.7 Å². The number of ether oxygens (including phenoxy) is 2. The van der Waals surface area contributed by atoms with Crippen molar-refractivity contribution in [1.82, 2.24) is 19.9 Å². The molecule has 0 aliphatic carbocycles. The Morgan fingerprint density at radius 3 is 2.88 bits per heavy atom. The SMILES string of the molecule is COCCOc1nc(-c2ccc(Cl)nc2)nc2c1CN(C(=O)O)CC2. The molecule has 0 aromatic carbocycles. The molecule has 0 saturated carbocycles. The molecule has 25 heavy (non-hydrogen) atoms. The molecule has 8 nitrogen and oxygen atoms in total. The summed E-state index contributed by atoms with van der Waals surface area (Å²) in [7, 11) is 1.58. The molecule has 0 fully saturated rings. The van der Waals surface area contributed by atoms with Crippen molar-refractivity contribution in [3.8, 4) is 17.3 Å². The predicted molar refractivity (Wildman–Crippen MR) is 89.8 cm³/mol. The average Bonchev–Trinajstić information content (AvgIpc) is 2.62. The van der Waals surface area contributed by atoms with Crippen LogP contribution in [0, 0.1) is 0 Å². The molecular weight excluding hydrogens is 348 g/mol. The molecule has 1 aliphatic rings.